The Morgan fingerprint density at radius 3 is 2.18 bits per heavy atom. The average molecular weight is 437 g/mol. The highest BCUT2D eigenvalue weighted by Crippen LogP contribution is 2.24. The van der Waals surface area contributed by atoms with E-state index in [9.17, 15) is 9.59 Å². The number of nitrogens with zero attached hydrogens (tertiary/aromatic N) is 2. The summed E-state index contributed by atoms with van der Waals surface area (Å²) in [6, 6.07) is 26.9. The predicted octanol–water partition coefficient (Wildman–Crippen LogP) is 4.74. The topological polar surface area (TPSA) is 76.0 Å². The van der Waals surface area contributed by atoms with Gasteiger partial charge in [0.25, 0.3) is 11.8 Å². The summed E-state index contributed by atoms with van der Waals surface area (Å²) in [7, 11) is 0. The Morgan fingerprint density at radius 2 is 1.52 bits per heavy atom. The highest BCUT2D eigenvalue weighted by molar-refractivity contribution is 6.08. The third-order valence-corrected chi connectivity index (χ3v) is 5.56. The predicted molar refractivity (Wildman–Crippen MR) is 128 cm³/mol. The summed E-state index contributed by atoms with van der Waals surface area (Å²) in [6.07, 6.45) is 3.87. The molecule has 6 nitrogen and oxygen atoms in total. The fraction of sp³-hybridized carbons (Fsp3) is 0.148. The van der Waals surface area contributed by atoms with Crippen LogP contribution in [0.15, 0.2) is 91.1 Å². The van der Waals surface area contributed by atoms with Crippen molar-refractivity contribution in [1.82, 2.24) is 15.1 Å². The SMILES string of the molecule is O=C(NC1CC1)c1ccc(NC(=O)c2cn(Cc3ccccc3)nc2-c2ccccc2)cc1. The molecule has 5 rings (SSSR count). The molecule has 1 aliphatic rings. The Bertz CT molecular complexity index is 1260. The lowest BCUT2D eigenvalue weighted by Crippen LogP contribution is -2.25. The van der Waals surface area contributed by atoms with Crippen LogP contribution in [0.25, 0.3) is 11.3 Å². The van der Waals surface area contributed by atoms with E-state index in [1.165, 1.54) is 0 Å². The summed E-state index contributed by atoms with van der Waals surface area (Å²) in [5.41, 5.74) is 4.31. The first kappa shape index (κ1) is 20.7. The molecule has 0 unspecified atom stereocenters. The van der Waals surface area contributed by atoms with Crippen LogP contribution in [0.5, 0.6) is 0 Å². The highest BCUT2D eigenvalue weighted by atomic mass is 16.2. The van der Waals surface area contributed by atoms with Crippen LogP contribution >= 0.6 is 0 Å². The summed E-state index contributed by atoms with van der Waals surface area (Å²) in [5.74, 6) is -0.327. The van der Waals surface area contributed by atoms with E-state index >= 15 is 0 Å². The Kier molecular flexibility index (Phi) is 5.72. The molecule has 1 aliphatic carbocycles. The highest BCUT2D eigenvalue weighted by Gasteiger charge is 2.24. The van der Waals surface area contributed by atoms with Crippen LogP contribution in [-0.4, -0.2) is 27.6 Å². The van der Waals surface area contributed by atoms with E-state index in [0.29, 0.717) is 35.1 Å². The zero-order valence-corrected chi connectivity index (χ0v) is 18.1. The van der Waals surface area contributed by atoms with Crippen molar-refractivity contribution < 1.29 is 9.59 Å². The molecular weight excluding hydrogens is 412 g/mol. The molecule has 33 heavy (non-hydrogen) atoms. The first-order valence-corrected chi connectivity index (χ1v) is 11.0. The molecule has 0 bridgehead atoms. The molecule has 2 N–H and O–H groups in total. The van der Waals surface area contributed by atoms with Crippen molar-refractivity contribution in [2.45, 2.75) is 25.4 Å². The summed E-state index contributed by atoms with van der Waals surface area (Å²) < 4.78 is 1.79. The molecule has 1 heterocycles. The minimum Gasteiger partial charge on any atom is -0.349 e. The quantitative estimate of drug-likeness (QED) is 0.439. The molecular formula is C27H24N4O2. The van der Waals surface area contributed by atoms with Gasteiger partial charge in [-0.25, -0.2) is 0 Å². The maximum atomic E-state index is 13.2. The van der Waals surface area contributed by atoms with Crippen molar-refractivity contribution in [3.63, 3.8) is 0 Å². The van der Waals surface area contributed by atoms with Crippen LogP contribution in [0.4, 0.5) is 5.69 Å². The van der Waals surface area contributed by atoms with E-state index in [-0.39, 0.29) is 11.8 Å². The average Bonchev–Trinajstić information content (AvgIpc) is 3.56. The van der Waals surface area contributed by atoms with Crippen LogP contribution < -0.4 is 10.6 Å². The molecule has 3 aromatic carbocycles. The van der Waals surface area contributed by atoms with Crippen molar-refractivity contribution >= 4 is 17.5 Å². The van der Waals surface area contributed by atoms with Crippen molar-refractivity contribution in [3.05, 3.63) is 108 Å². The largest absolute Gasteiger partial charge is 0.349 e. The molecule has 2 amide bonds. The number of amides is 2. The standard InChI is InChI=1S/C27H24N4O2/c32-26(28-23-15-16-23)21-11-13-22(14-12-21)29-27(33)24-18-31(17-19-7-3-1-4-8-19)30-25(24)20-9-5-2-6-10-20/h1-14,18,23H,15-17H2,(H,28,32)(H,29,33). The monoisotopic (exact) mass is 436 g/mol. The number of nitrogens with one attached hydrogen (secondary N) is 2. The van der Waals surface area contributed by atoms with Crippen LogP contribution in [0.2, 0.25) is 0 Å². The lowest BCUT2D eigenvalue weighted by molar-refractivity contribution is 0.0950. The van der Waals surface area contributed by atoms with Gasteiger partial charge in [0, 0.05) is 29.1 Å². The Labute approximate surface area is 192 Å². The maximum Gasteiger partial charge on any atom is 0.259 e. The van der Waals surface area contributed by atoms with E-state index < -0.39 is 0 Å². The summed E-state index contributed by atoms with van der Waals surface area (Å²) in [4.78, 5) is 25.4. The van der Waals surface area contributed by atoms with Gasteiger partial charge >= 0.3 is 0 Å². The van der Waals surface area contributed by atoms with Gasteiger partial charge in [0.1, 0.15) is 5.69 Å². The van der Waals surface area contributed by atoms with Crippen LogP contribution in [0.1, 0.15) is 39.1 Å². The van der Waals surface area contributed by atoms with Crippen molar-refractivity contribution in [1.29, 1.82) is 0 Å². The zero-order chi connectivity index (χ0) is 22.6. The number of anilines is 1. The molecule has 0 spiro atoms. The number of hydrogen-bond donors (Lipinski definition) is 2. The maximum absolute atomic E-state index is 13.2. The third kappa shape index (κ3) is 5.01. The number of aromatic nitrogens is 2. The third-order valence-electron chi connectivity index (χ3n) is 5.56. The lowest BCUT2D eigenvalue weighted by atomic mass is 10.1. The smallest absolute Gasteiger partial charge is 0.259 e. The zero-order valence-electron chi connectivity index (χ0n) is 18.1. The second kappa shape index (κ2) is 9.12. The number of hydrogen-bond acceptors (Lipinski definition) is 3. The minimum atomic E-state index is -0.247. The fourth-order valence-corrected chi connectivity index (χ4v) is 3.65. The summed E-state index contributed by atoms with van der Waals surface area (Å²) in [6.45, 7) is 0.568. The second-order valence-corrected chi connectivity index (χ2v) is 8.22. The fourth-order valence-electron chi connectivity index (χ4n) is 3.65. The molecule has 4 aromatic rings. The van der Waals surface area contributed by atoms with Gasteiger partial charge in [0.2, 0.25) is 0 Å². The van der Waals surface area contributed by atoms with Gasteiger partial charge in [0.15, 0.2) is 0 Å². The van der Waals surface area contributed by atoms with E-state index in [4.69, 9.17) is 5.10 Å². The van der Waals surface area contributed by atoms with E-state index in [1.807, 2.05) is 60.7 Å². The summed E-state index contributed by atoms with van der Waals surface area (Å²) >= 11 is 0. The van der Waals surface area contributed by atoms with Crippen molar-refractivity contribution in [3.8, 4) is 11.3 Å². The van der Waals surface area contributed by atoms with E-state index in [2.05, 4.69) is 10.6 Å². The molecule has 1 saturated carbocycles. The Balaban J connectivity index is 1.37. The Morgan fingerprint density at radius 1 is 0.848 bits per heavy atom. The number of rotatable bonds is 7. The molecule has 1 aromatic heterocycles. The number of carbonyl (C=O) groups is 2. The molecule has 0 atom stereocenters. The van der Waals surface area contributed by atoms with Gasteiger partial charge in [-0.3, -0.25) is 14.3 Å². The molecule has 0 aliphatic heterocycles. The summed E-state index contributed by atoms with van der Waals surface area (Å²) in [5, 5.41) is 10.6. The molecule has 164 valence electrons. The molecule has 0 radical (unpaired) electrons. The van der Waals surface area contributed by atoms with Crippen LogP contribution in [0.3, 0.4) is 0 Å². The van der Waals surface area contributed by atoms with Gasteiger partial charge < -0.3 is 10.6 Å². The molecule has 1 fully saturated rings. The van der Waals surface area contributed by atoms with Crippen LogP contribution in [-0.2, 0) is 6.54 Å². The Hall–Kier alpha value is -4.19. The van der Waals surface area contributed by atoms with Gasteiger partial charge in [-0.1, -0.05) is 60.7 Å². The number of benzene rings is 3. The van der Waals surface area contributed by atoms with Gasteiger partial charge in [-0.2, -0.15) is 5.10 Å². The van der Waals surface area contributed by atoms with Crippen molar-refractivity contribution in [2.24, 2.45) is 0 Å². The van der Waals surface area contributed by atoms with E-state index in [0.717, 1.165) is 24.0 Å². The van der Waals surface area contributed by atoms with Gasteiger partial charge in [-0.05, 0) is 42.7 Å². The lowest BCUT2D eigenvalue weighted by Gasteiger charge is -2.07. The van der Waals surface area contributed by atoms with E-state index in [1.54, 1.807) is 35.1 Å². The second-order valence-electron chi connectivity index (χ2n) is 8.22. The van der Waals surface area contributed by atoms with Gasteiger partial charge in [-0.15, -0.1) is 0 Å². The van der Waals surface area contributed by atoms with Crippen LogP contribution in [0, 0.1) is 0 Å². The minimum absolute atomic E-state index is 0.0797. The van der Waals surface area contributed by atoms with Gasteiger partial charge in [0.05, 0.1) is 12.1 Å². The first-order chi connectivity index (χ1) is 16.2. The normalized spacial score (nSPS) is 12.8. The number of carbonyl (C=O) groups excluding carboxylic acids is 2. The molecule has 6 heteroatoms. The molecule has 0 saturated heterocycles. The van der Waals surface area contributed by atoms with Crippen molar-refractivity contribution in [2.75, 3.05) is 5.32 Å². The first-order valence-electron chi connectivity index (χ1n) is 11.0.